The van der Waals surface area contributed by atoms with Crippen LogP contribution in [0.25, 0.3) is 0 Å². The van der Waals surface area contributed by atoms with Crippen molar-refractivity contribution < 1.29 is 13.2 Å². The fourth-order valence-corrected chi connectivity index (χ4v) is 3.28. The van der Waals surface area contributed by atoms with E-state index in [2.05, 4.69) is 25.2 Å². The Labute approximate surface area is 163 Å². The predicted octanol–water partition coefficient (Wildman–Crippen LogP) is 3.04. The summed E-state index contributed by atoms with van der Waals surface area (Å²) in [6, 6.07) is 17.0. The second-order valence-electron chi connectivity index (χ2n) is 5.78. The number of aryl methyl sites for hydroxylation is 1. The number of methoxy groups -OCH3 is 1. The van der Waals surface area contributed by atoms with Crippen LogP contribution in [0.3, 0.4) is 0 Å². The zero-order valence-electron chi connectivity index (χ0n) is 15.3. The van der Waals surface area contributed by atoms with Gasteiger partial charge in [-0.1, -0.05) is 18.2 Å². The van der Waals surface area contributed by atoms with Crippen molar-refractivity contribution in [1.82, 2.24) is 9.97 Å². The Morgan fingerprint density at radius 2 is 1.75 bits per heavy atom. The molecule has 2 N–H and O–H groups in total. The number of hydrazone groups is 1. The van der Waals surface area contributed by atoms with E-state index in [1.165, 1.54) is 12.1 Å². The van der Waals surface area contributed by atoms with Crippen LogP contribution in [-0.4, -0.2) is 31.7 Å². The number of benzene rings is 2. The maximum Gasteiger partial charge on any atom is 0.264 e. The van der Waals surface area contributed by atoms with E-state index < -0.39 is 10.0 Å². The average molecular weight is 397 g/mol. The third-order valence-corrected chi connectivity index (χ3v) is 4.99. The Morgan fingerprint density at radius 1 is 1.04 bits per heavy atom. The van der Waals surface area contributed by atoms with Gasteiger partial charge in [0.05, 0.1) is 18.2 Å². The highest BCUT2D eigenvalue weighted by atomic mass is 32.2. The first-order valence-electron chi connectivity index (χ1n) is 8.33. The summed E-state index contributed by atoms with van der Waals surface area (Å²) in [4.78, 5) is 8.41. The van der Waals surface area contributed by atoms with E-state index in [1.54, 1.807) is 44.5 Å². The third kappa shape index (κ3) is 5.04. The molecule has 1 aromatic heterocycles. The molecule has 144 valence electrons. The molecule has 0 radical (unpaired) electrons. The normalized spacial score (nSPS) is 11.4. The van der Waals surface area contributed by atoms with E-state index in [9.17, 15) is 8.42 Å². The Balaban J connectivity index is 1.73. The molecule has 0 atom stereocenters. The van der Waals surface area contributed by atoms with Crippen LogP contribution in [0.2, 0.25) is 0 Å². The molecule has 1 heterocycles. The Kier molecular flexibility index (Phi) is 5.85. The summed E-state index contributed by atoms with van der Waals surface area (Å²) in [5, 5.41) is 4.12. The molecule has 8 nitrogen and oxygen atoms in total. The zero-order valence-corrected chi connectivity index (χ0v) is 16.1. The fraction of sp³-hybridized carbons (Fsp3) is 0.105. The summed E-state index contributed by atoms with van der Waals surface area (Å²) >= 11 is 0. The van der Waals surface area contributed by atoms with Gasteiger partial charge in [-0.3, -0.25) is 5.43 Å². The van der Waals surface area contributed by atoms with Gasteiger partial charge in [-0.2, -0.15) is 10.1 Å². The summed E-state index contributed by atoms with van der Waals surface area (Å²) in [7, 11) is -2.17. The van der Waals surface area contributed by atoms with E-state index in [0.29, 0.717) is 11.5 Å². The lowest BCUT2D eigenvalue weighted by Gasteiger charge is -2.08. The number of nitrogens with one attached hydrogen (secondary N) is 2. The van der Waals surface area contributed by atoms with E-state index in [1.807, 2.05) is 24.3 Å². The topological polar surface area (TPSA) is 106 Å². The number of nitrogens with zero attached hydrogens (tertiary/aromatic N) is 3. The molecular weight excluding hydrogens is 378 g/mol. The van der Waals surface area contributed by atoms with Crippen molar-refractivity contribution in [2.75, 3.05) is 17.3 Å². The van der Waals surface area contributed by atoms with Gasteiger partial charge in [0.1, 0.15) is 5.75 Å². The van der Waals surface area contributed by atoms with Crippen molar-refractivity contribution in [3.8, 4) is 5.75 Å². The summed E-state index contributed by atoms with van der Waals surface area (Å²) in [5.74, 6) is 1.08. The van der Waals surface area contributed by atoms with Crippen molar-refractivity contribution >= 4 is 28.0 Å². The largest absolute Gasteiger partial charge is 0.497 e. The third-order valence-electron chi connectivity index (χ3n) is 3.64. The molecule has 0 aliphatic carbocycles. The lowest BCUT2D eigenvalue weighted by Crippen LogP contribution is -2.15. The van der Waals surface area contributed by atoms with Gasteiger partial charge in [0.25, 0.3) is 10.0 Å². The van der Waals surface area contributed by atoms with Crippen LogP contribution in [0.4, 0.5) is 11.8 Å². The smallest absolute Gasteiger partial charge is 0.264 e. The molecule has 3 rings (SSSR count). The summed E-state index contributed by atoms with van der Waals surface area (Å²) in [6.07, 6.45) is 1.62. The average Bonchev–Trinajstić information content (AvgIpc) is 2.68. The van der Waals surface area contributed by atoms with Gasteiger partial charge in [-0.25, -0.2) is 18.1 Å². The van der Waals surface area contributed by atoms with Crippen LogP contribution < -0.4 is 14.9 Å². The van der Waals surface area contributed by atoms with Crippen LogP contribution in [-0.2, 0) is 10.0 Å². The second-order valence-corrected chi connectivity index (χ2v) is 7.46. The molecule has 0 fully saturated rings. The number of ether oxygens (including phenoxy) is 1. The lowest BCUT2D eigenvalue weighted by atomic mass is 10.2. The molecular formula is C19H19N5O3S. The van der Waals surface area contributed by atoms with Crippen molar-refractivity contribution in [3.05, 3.63) is 71.9 Å². The number of sulfonamides is 1. The van der Waals surface area contributed by atoms with E-state index in [-0.39, 0.29) is 10.8 Å². The van der Waals surface area contributed by atoms with Gasteiger partial charge < -0.3 is 4.74 Å². The molecule has 0 bridgehead atoms. The Bertz CT molecular complexity index is 1070. The quantitative estimate of drug-likeness (QED) is 0.469. The van der Waals surface area contributed by atoms with Gasteiger partial charge in [-0.15, -0.1) is 0 Å². The van der Waals surface area contributed by atoms with Gasteiger partial charge in [0.2, 0.25) is 5.95 Å². The molecule has 0 amide bonds. The Morgan fingerprint density at radius 3 is 2.43 bits per heavy atom. The number of hydrogen-bond acceptors (Lipinski definition) is 7. The van der Waals surface area contributed by atoms with Gasteiger partial charge in [-0.05, 0) is 48.9 Å². The maximum atomic E-state index is 12.4. The first kappa shape index (κ1) is 19.3. The number of rotatable bonds is 7. The Hall–Kier alpha value is -3.46. The second kappa shape index (κ2) is 8.49. The summed E-state index contributed by atoms with van der Waals surface area (Å²) < 4.78 is 32.3. The predicted molar refractivity (Wildman–Crippen MR) is 108 cm³/mol. The molecule has 0 aliphatic rings. The van der Waals surface area contributed by atoms with E-state index >= 15 is 0 Å². The molecule has 0 spiro atoms. The minimum Gasteiger partial charge on any atom is -0.497 e. The van der Waals surface area contributed by atoms with Crippen LogP contribution in [0.1, 0.15) is 11.3 Å². The molecule has 28 heavy (non-hydrogen) atoms. The maximum absolute atomic E-state index is 12.4. The van der Waals surface area contributed by atoms with Crippen molar-refractivity contribution in [2.24, 2.45) is 5.10 Å². The van der Waals surface area contributed by atoms with E-state index in [0.717, 1.165) is 11.3 Å². The van der Waals surface area contributed by atoms with Crippen LogP contribution in [0, 0.1) is 6.92 Å². The molecule has 9 heteroatoms. The van der Waals surface area contributed by atoms with Crippen LogP contribution in [0.5, 0.6) is 5.75 Å². The first-order valence-corrected chi connectivity index (χ1v) is 9.81. The molecule has 3 aromatic rings. The van der Waals surface area contributed by atoms with Crippen LogP contribution >= 0.6 is 0 Å². The highest BCUT2D eigenvalue weighted by molar-refractivity contribution is 7.92. The molecule has 0 aliphatic heterocycles. The zero-order chi connectivity index (χ0) is 20.0. The van der Waals surface area contributed by atoms with Crippen molar-refractivity contribution in [3.63, 3.8) is 0 Å². The summed E-state index contributed by atoms with van der Waals surface area (Å²) in [5.41, 5.74) is 4.23. The highest BCUT2D eigenvalue weighted by Crippen LogP contribution is 2.15. The van der Waals surface area contributed by atoms with Crippen LogP contribution in [0.15, 0.2) is 70.7 Å². The monoisotopic (exact) mass is 397 g/mol. The number of anilines is 2. The SMILES string of the molecule is COc1ccc(/C=N/Nc2cc(C)nc(NS(=O)(=O)c3ccccc3)n2)cc1. The fourth-order valence-electron chi connectivity index (χ4n) is 2.31. The molecule has 0 saturated heterocycles. The van der Waals surface area contributed by atoms with Gasteiger partial charge in [0.15, 0.2) is 5.82 Å². The summed E-state index contributed by atoms with van der Waals surface area (Å²) in [6.45, 7) is 1.74. The molecule has 0 saturated carbocycles. The van der Waals surface area contributed by atoms with Crippen molar-refractivity contribution in [1.29, 1.82) is 0 Å². The molecule has 0 unspecified atom stereocenters. The highest BCUT2D eigenvalue weighted by Gasteiger charge is 2.15. The minimum absolute atomic E-state index is 0.0361. The van der Waals surface area contributed by atoms with Gasteiger partial charge in [0, 0.05) is 11.8 Å². The van der Waals surface area contributed by atoms with E-state index in [4.69, 9.17) is 4.74 Å². The first-order chi connectivity index (χ1) is 13.5. The number of hydrogen-bond donors (Lipinski definition) is 2. The number of aromatic nitrogens is 2. The molecule has 2 aromatic carbocycles. The standard InChI is InChI=1S/C19H19N5O3S/c1-14-12-18(23-20-13-15-8-10-16(27-2)11-9-15)22-19(21-14)24-28(25,26)17-6-4-3-5-7-17/h3-13H,1-2H3,(H2,21,22,23,24)/b20-13+. The lowest BCUT2D eigenvalue weighted by molar-refractivity contribution is 0.415. The van der Waals surface area contributed by atoms with Crippen molar-refractivity contribution in [2.45, 2.75) is 11.8 Å². The minimum atomic E-state index is -3.77. The van der Waals surface area contributed by atoms with Gasteiger partial charge >= 0.3 is 0 Å².